The van der Waals surface area contributed by atoms with Gasteiger partial charge in [-0.25, -0.2) is 4.39 Å². The molecule has 0 radical (unpaired) electrons. The zero-order chi connectivity index (χ0) is 26.7. The van der Waals surface area contributed by atoms with Gasteiger partial charge in [-0.1, -0.05) is 31.9 Å². The summed E-state index contributed by atoms with van der Waals surface area (Å²) < 4.78 is 50.0. The fourth-order valence-electron chi connectivity index (χ4n) is 7.39. The van der Waals surface area contributed by atoms with E-state index in [4.69, 9.17) is 10.00 Å². The number of halogens is 3. The predicted octanol–water partition coefficient (Wildman–Crippen LogP) is 9.74. The molecule has 2 nitrogen and oxygen atoms in total. The van der Waals surface area contributed by atoms with Crippen LogP contribution >= 0.6 is 0 Å². The highest BCUT2D eigenvalue weighted by atomic mass is 19.3. The van der Waals surface area contributed by atoms with Gasteiger partial charge in [0.15, 0.2) is 0 Å². The molecule has 3 aliphatic rings. The Hall–Kier alpha value is -2.48. The zero-order valence-corrected chi connectivity index (χ0v) is 22.5. The molecule has 204 valence electrons. The van der Waals surface area contributed by atoms with Crippen molar-refractivity contribution < 1.29 is 17.9 Å². The molecular formula is C33H40F3NO. The number of nitrogens with zero attached hydrogens (tertiary/aromatic N) is 1. The third-order valence-corrected chi connectivity index (χ3v) is 9.87. The molecule has 0 N–H and O–H groups in total. The van der Waals surface area contributed by atoms with Crippen LogP contribution in [0.25, 0.3) is 0 Å². The van der Waals surface area contributed by atoms with E-state index in [2.05, 4.69) is 19.1 Å². The highest BCUT2D eigenvalue weighted by Crippen LogP contribution is 2.47. The number of benzene rings is 2. The van der Waals surface area contributed by atoms with E-state index in [1.54, 1.807) is 0 Å². The van der Waals surface area contributed by atoms with Gasteiger partial charge in [0.2, 0.25) is 0 Å². The summed E-state index contributed by atoms with van der Waals surface area (Å²) >= 11 is 0. The number of ether oxygens (including phenoxy) is 1. The first-order valence-corrected chi connectivity index (χ1v) is 14.7. The second-order valence-corrected chi connectivity index (χ2v) is 12.3. The molecule has 2 aromatic rings. The first-order valence-electron chi connectivity index (χ1n) is 14.7. The summed E-state index contributed by atoms with van der Waals surface area (Å²) in [6.07, 6.45) is 8.21. The molecule has 2 aromatic carbocycles. The standard InChI is InChI=1S/C33H40F3NO/c1-22-2-6-26(7-3-22)28-14-19-31(32(34)20-28)27-10-8-24(9-11-27)25-12-15-29(16-13-25)33(35,36)38-30-17-4-23(21-37)5-18-30/h4-5,14,17-20,22,24-27,29H,2-3,6-13,15-16H2,1H3. The molecule has 0 heterocycles. The Morgan fingerprint density at radius 2 is 1.34 bits per heavy atom. The number of nitriles is 1. The number of hydrogen-bond donors (Lipinski definition) is 0. The Morgan fingerprint density at radius 1 is 0.763 bits per heavy atom. The van der Waals surface area contributed by atoms with Gasteiger partial charge < -0.3 is 4.74 Å². The second kappa shape index (κ2) is 11.7. The monoisotopic (exact) mass is 523 g/mol. The van der Waals surface area contributed by atoms with Crippen LogP contribution in [0.1, 0.15) is 112 Å². The molecule has 0 amide bonds. The van der Waals surface area contributed by atoms with E-state index in [0.717, 1.165) is 50.0 Å². The van der Waals surface area contributed by atoms with Crippen molar-refractivity contribution in [1.82, 2.24) is 0 Å². The highest BCUT2D eigenvalue weighted by Gasteiger charge is 2.45. The lowest BCUT2D eigenvalue weighted by molar-refractivity contribution is -0.224. The normalized spacial score (nSPS) is 30.4. The maximum absolute atomic E-state index is 15.2. The molecule has 0 atom stereocenters. The van der Waals surface area contributed by atoms with Gasteiger partial charge in [0.25, 0.3) is 0 Å². The van der Waals surface area contributed by atoms with Crippen LogP contribution in [0, 0.1) is 40.8 Å². The number of hydrogen-bond acceptors (Lipinski definition) is 2. The van der Waals surface area contributed by atoms with Crippen molar-refractivity contribution in [2.24, 2.45) is 23.7 Å². The van der Waals surface area contributed by atoms with E-state index in [1.165, 1.54) is 55.5 Å². The molecule has 5 rings (SSSR count). The number of rotatable bonds is 6. The van der Waals surface area contributed by atoms with E-state index in [-0.39, 0.29) is 17.5 Å². The van der Waals surface area contributed by atoms with Crippen molar-refractivity contribution in [2.45, 2.75) is 102 Å². The van der Waals surface area contributed by atoms with Gasteiger partial charge in [-0.2, -0.15) is 14.0 Å². The minimum absolute atomic E-state index is 0.0328. The van der Waals surface area contributed by atoms with Gasteiger partial charge >= 0.3 is 6.11 Å². The largest absolute Gasteiger partial charge is 0.432 e. The van der Waals surface area contributed by atoms with Crippen LogP contribution < -0.4 is 4.74 Å². The maximum Gasteiger partial charge on any atom is 0.400 e. The quantitative estimate of drug-likeness (QED) is 0.377. The van der Waals surface area contributed by atoms with Crippen molar-refractivity contribution in [2.75, 3.05) is 0 Å². The summed E-state index contributed by atoms with van der Waals surface area (Å²) in [5.74, 6) is 1.86. The van der Waals surface area contributed by atoms with Crippen LogP contribution in [0.5, 0.6) is 5.75 Å². The van der Waals surface area contributed by atoms with E-state index in [9.17, 15) is 8.78 Å². The Balaban J connectivity index is 1.10. The van der Waals surface area contributed by atoms with Crippen LogP contribution in [0.4, 0.5) is 13.2 Å². The summed E-state index contributed by atoms with van der Waals surface area (Å²) in [5.41, 5.74) is 2.47. The van der Waals surface area contributed by atoms with Crippen molar-refractivity contribution >= 4 is 0 Å². The third kappa shape index (κ3) is 6.22. The molecule has 0 aromatic heterocycles. The van der Waals surface area contributed by atoms with Crippen LogP contribution in [-0.4, -0.2) is 6.11 Å². The molecular weight excluding hydrogens is 483 g/mol. The first kappa shape index (κ1) is 27.1. The molecule has 0 aliphatic heterocycles. The fraction of sp³-hybridized carbons (Fsp3) is 0.606. The second-order valence-electron chi connectivity index (χ2n) is 12.3. The molecule has 0 saturated heterocycles. The molecule has 0 bridgehead atoms. The smallest absolute Gasteiger partial charge is 0.400 e. The van der Waals surface area contributed by atoms with Gasteiger partial charge in [-0.3, -0.25) is 0 Å². The summed E-state index contributed by atoms with van der Waals surface area (Å²) in [6.45, 7) is 2.31. The lowest BCUT2D eigenvalue weighted by Gasteiger charge is -2.39. The summed E-state index contributed by atoms with van der Waals surface area (Å²) in [5, 5.41) is 8.89. The van der Waals surface area contributed by atoms with Crippen molar-refractivity contribution in [3.05, 3.63) is 65.0 Å². The molecule has 3 fully saturated rings. The lowest BCUT2D eigenvalue weighted by Crippen LogP contribution is -2.38. The third-order valence-electron chi connectivity index (χ3n) is 9.87. The molecule has 38 heavy (non-hydrogen) atoms. The SMILES string of the molecule is CC1CCC(c2ccc(C3CCC(C4CCC(C(F)(F)Oc5ccc(C#N)cc5)CC4)CC3)c(F)c2)CC1. The molecule has 0 spiro atoms. The molecule has 5 heteroatoms. The van der Waals surface area contributed by atoms with Crippen LogP contribution in [0.3, 0.4) is 0 Å². The Bertz CT molecular complexity index is 1100. The van der Waals surface area contributed by atoms with Gasteiger partial charge in [-0.05, 0) is 135 Å². The Kier molecular flexibility index (Phi) is 8.36. The van der Waals surface area contributed by atoms with E-state index in [1.807, 2.05) is 12.1 Å². The van der Waals surface area contributed by atoms with Crippen molar-refractivity contribution in [3.63, 3.8) is 0 Å². The fourth-order valence-corrected chi connectivity index (χ4v) is 7.39. The van der Waals surface area contributed by atoms with E-state index < -0.39 is 12.0 Å². The summed E-state index contributed by atoms with van der Waals surface area (Å²) in [4.78, 5) is 0. The summed E-state index contributed by atoms with van der Waals surface area (Å²) in [6, 6.07) is 13.9. The van der Waals surface area contributed by atoms with E-state index >= 15 is 4.39 Å². The van der Waals surface area contributed by atoms with Crippen LogP contribution in [-0.2, 0) is 0 Å². The average molecular weight is 524 g/mol. The minimum Gasteiger partial charge on any atom is -0.432 e. The first-order chi connectivity index (χ1) is 18.3. The van der Waals surface area contributed by atoms with Crippen molar-refractivity contribution in [3.8, 4) is 11.8 Å². The molecule has 3 aliphatic carbocycles. The van der Waals surface area contributed by atoms with Gasteiger partial charge in [-0.15, -0.1) is 0 Å². The maximum atomic E-state index is 15.2. The van der Waals surface area contributed by atoms with Gasteiger partial charge in [0.05, 0.1) is 17.6 Å². The average Bonchev–Trinajstić information content (AvgIpc) is 2.94. The zero-order valence-electron chi connectivity index (χ0n) is 22.5. The van der Waals surface area contributed by atoms with Crippen LogP contribution in [0.2, 0.25) is 0 Å². The van der Waals surface area contributed by atoms with Gasteiger partial charge in [0.1, 0.15) is 11.6 Å². The predicted molar refractivity (Wildman–Crippen MR) is 144 cm³/mol. The van der Waals surface area contributed by atoms with Crippen molar-refractivity contribution in [1.29, 1.82) is 5.26 Å². The van der Waals surface area contributed by atoms with E-state index in [0.29, 0.717) is 36.2 Å². The number of alkyl halides is 2. The minimum atomic E-state index is -3.21. The molecule has 3 saturated carbocycles. The Labute approximate surface area is 225 Å². The summed E-state index contributed by atoms with van der Waals surface area (Å²) in [7, 11) is 0. The lowest BCUT2D eigenvalue weighted by atomic mass is 9.68. The topological polar surface area (TPSA) is 33.0 Å². The Morgan fingerprint density at radius 3 is 1.92 bits per heavy atom. The van der Waals surface area contributed by atoms with Gasteiger partial charge in [0, 0.05) is 0 Å². The van der Waals surface area contributed by atoms with Crippen LogP contribution in [0.15, 0.2) is 42.5 Å². The highest BCUT2D eigenvalue weighted by molar-refractivity contribution is 5.34. The molecule has 0 unspecified atom stereocenters.